The largest absolute Gasteiger partial charge is 0.412 e. The molecule has 0 aliphatic rings. The molecule has 0 aliphatic heterocycles. The van der Waals surface area contributed by atoms with E-state index in [0.717, 1.165) is 33.9 Å². The molecule has 2 aromatic rings. The van der Waals surface area contributed by atoms with Crippen LogP contribution in [-0.2, 0) is 0 Å². The first kappa shape index (κ1) is 16.6. The third kappa shape index (κ3) is 5.18. The molecule has 104 valence electrons. The summed E-state index contributed by atoms with van der Waals surface area (Å²) in [5.74, 6) is 0. The molecule has 0 radical (unpaired) electrons. The van der Waals surface area contributed by atoms with Gasteiger partial charge in [0.1, 0.15) is 0 Å². The second-order valence-electron chi connectivity index (χ2n) is 4.23. The summed E-state index contributed by atoms with van der Waals surface area (Å²) in [5, 5.41) is 0. The lowest BCUT2D eigenvalue weighted by molar-refractivity contribution is 0.824. The number of nitrogen functional groups attached to an aromatic ring is 4. The molecule has 0 bridgehead atoms. The fraction of sp³-hybridized carbons (Fsp3) is 0.143. The number of hydrogen-bond acceptors (Lipinski definition) is 4. The summed E-state index contributed by atoms with van der Waals surface area (Å²) in [6.07, 6.45) is 0. The predicted octanol–water partition coefficient (Wildman–Crippen LogP) is 1.49. The fourth-order valence-corrected chi connectivity index (χ4v) is 1.32. The van der Waals surface area contributed by atoms with Crippen molar-refractivity contribution in [2.24, 2.45) is 0 Å². The second kappa shape index (κ2) is 7.13. The minimum absolute atomic E-state index is 0. The van der Waals surface area contributed by atoms with Crippen molar-refractivity contribution in [3.05, 3.63) is 47.5 Å². The molecule has 0 spiro atoms. The zero-order valence-electron chi connectivity index (χ0n) is 11.3. The van der Waals surface area contributed by atoms with Crippen LogP contribution in [0.5, 0.6) is 0 Å². The average Bonchev–Trinajstić information content (AvgIpc) is 2.30. The summed E-state index contributed by atoms with van der Waals surface area (Å²) < 4.78 is 0. The van der Waals surface area contributed by atoms with Crippen molar-refractivity contribution < 1.29 is 5.48 Å². The Morgan fingerprint density at radius 2 is 0.947 bits per heavy atom. The van der Waals surface area contributed by atoms with E-state index in [2.05, 4.69) is 0 Å². The van der Waals surface area contributed by atoms with E-state index < -0.39 is 0 Å². The van der Waals surface area contributed by atoms with E-state index >= 15 is 0 Å². The minimum atomic E-state index is 0. The number of nitrogens with two attached hydrogens (primary N) is 4. The molecule has 10 N–H and O–H groups in total. The van der Waals surface area contributed by atoms with Gasteiger partial charge in [-0.2, -0.15) is 0 Å². The monoisotopic (exact) mass is 262 g/mol. The molecule has 0 saturated carbocycles. The van der Waals surface area contributed by atoms with Gasteiger partial charge in [0.15, 0.2) is 0 Å². The van der Waals surface area contributed by atoms with Crippen LogP contribution in [0, 0.1) is 13.8 Å². The maximum Gasteiger partial charge on any atom is 0.0364 e. The van der Waals surface area contributed by atoms with Crippen LogP contribution in [0.4, 0.5) is 22.7 Å². The lowest BCUT2D eigenvalue weighted by Gasteiger charge is -1.98. The van der Waals surface area contributed by atoms with Crippen molar-refractivity contribution >= 4 is 22.7 Å². The number of rotatable bonds is 0. The van der Waals surface area contributed by atoms with Gasteiger partial charge in [-0.05, 0) is 49.2 Å². The minimum Gasteiger partial charge on any atom is -0.412 e. The molecule has 2 rings (SSSR count). The van der Waals surface area contributed by atoms with Gasteiger partial charge in [-0.25, -0.2) is 0 Å². The first-order valence-corrected chi connectivity index (χ1v) is 5.63. The maximum absolute atomic E-state index is 5.54. The lowest BCUT2D eigenvalue weighted by atomic mass is 10.2. The number of anilines is 4. The van der Waals surface area contributed by atoms with Gasteiger partial charge >= 0.3 is 0 Å². The van der Waals surface area contributed by atoms with Crippen LogP contribution in [0.3, 0.4) is 0 Å². The van der Waals surface area contributed by atoms with Crippen molar-refractivity contribution in [2.75, 3.05) is 22.9 Å². The Balaban J connectivity index is 0.000000324. The molecule has 5 heteroatoms. The molecule has 0 fully saturated rings. The molecule has 0 atom stereocenters. The molecule has 0 amide bonds. The molecule has 0 aliphatic carbocycles. The summed E-state index contributed by atoms with van der Waals surface area (Å²) in [5.41, 5.74) is 27.1. The summed E-state index contributed by atoms with van der Waals surface area (Å²) >= 11 is 0. The third-order valence-electron chi connectivity index (χ3n) is 2.61. The van der Waals surface area contributed by atoms with E-state index in [0.29, 0.717) is 0 Å². The Bertz CT molecular complexity index is 491. The average molecular weight is 262 g/mol. The van der Waals surface area contributed by atoms with Crippen LogP contribution in [-0.4, -0.2) is 5.48 Å². The van der Waals surface area contributed by atoms with Crippen molar-refractivity contribution in [2.45, 2.75) is 13.8 Å². The molecule has 0 heterocycles. The highest BCUT2D eigenvalue weighted by molar-refractivity contribution is 5.56. The zero-order valence-corrected chi connectivity index (χ0v) is 11.3. The molecule has 5 nitrogen and oxygen atoms in total. The van der Waals surface area contributed by atoms with Crippen molar-refractivity contribution in [3.63, 3.8) is 0 Å². The summed E-state index contributed by atoms with van der Waals surface area (Å²) in [4.78, 5) is 0. The van der Waals surface area contributed by atoms with E-state index in [-0.39, 0.29) is 5.48 Å². The molecule has 19 heavy (non-hydrogen) atoms. The van der Waals surface area contributed by atoms with Gasteiger partial charge in [0.25, 0.3) is 0 Å². The van der Waals surface area contributed by atoms with Crippen molar-refractivity contribution in [3.8, 4) is 0 Å². The van der Waals surface area contributed by atoms with Gasteiger partial charge in [0, 0.05) is 22.7 Å². The van der Waals surface area contributed by atoms with Crippen LogP contribution >= 0.6 is 0 Å². The first-order chi connectivity index (χ1) is 8.40. The third-order valence-corrected chi connectivity index (χ3v) is 2.61. The Morgan fingerprint density at radius 1 is 0.632 bits per heavy atom. The number of benzene rings is 2. The van der Waals surface area contributed by atoms with Gasteiger partial charge < -0.3 is 28.4 Å². The normalized spacial score (nSPS) is 8.95. The Labute approximate surface area is 113 Å². The maximum atomic E-state index is 5.54. The fourth-order valence-electron chi connectivity index (χ4n) is 1.32. The van der Waals surface area contributed by atoms with Crippen molar-refractivity contribution in [1.29, 1.82) is 0 Å². The van der Waals surface area contributed by atoms with E-state index in [1.54, 1.807) is 12.1 Å². The molecule has 0 saturated heterocycles. The Morgan fingerprint density at radius 3 is 1.16 bits per heavy atom. The molecular formula is C14H22N4O. The van der Waals surface area contributed by atoms with Crippen molar-refractivity contribution in [1.82, 2.24) is 0 Å². The van der Waals surface area contributed by atoms with E-state index in [1.165, 1.54) is 0 Å². The molecule has 0 aromatic heterocycles. The number of aryl methyl sites for hydroxylation is 2. The SMILES string of the molecule is Cc1ccc(N)cc1N.Cc1ccc(N)cc1N.O. The highest BCUT2D eigenvalue weighted by atomic mass is 16.0. The smallest absolute Gasteiger partial charge is 0.0364 e. The van der Waals surface area contributed by atoms with Gasteiger partial charge in [-0.1, -0.05) is 12.1 Å². The lowest BCUT2D eigenvalue weighted by Crippen LogP contribution is -1.91. The topological polar surface area (TPSA) is 136 Å². The van der Waals surface area contributed by atoms with E-state index in [9.17, 15) is 0 Å². The van der Waals surface area contributed by atoms with Crippen LogP contribution in [0.1, 0.15) is 11.1 Å². The highest BCUT2D eigenvalue weighted by Crippen LogP contribution is 2.13. The van der Waals surface area contributed by atoms with Crippen LogP contribution < -0.4 is 22.9 Å². The second-order valence-corrected chi connectivity index (χ2v) is 4.23. The van der Waals surface area contributed by atoms with Gasteiger partial charge in [-0.15, -0.1) is 0 Å². The first-order valence-electron chi connectivity index (χ1n) is 5.63. The van der Waals surface area contributed by atoms with Crippen LogP contribution in [0.25, 0.3) is 0 Å². The number of hydrogen-bond donors (Lipinski definition) is 4. The molecular weight excluding hydrogens is 240 g/mol. The highest BCUT2D eigenvalue weighted by Gasteiger charge is 1.91. The predicted molar refractivity (Wildman–Crippen MR) is 83.6 cm³/mol. The van der Waals surface area contributed by atoms with Gasteiger partial charge in [0.2, 0.25) is 0 Å². The van der Waals surface area contributed by atoms with E-state index in [4.69, 9.17) is 22.9 Å². The quantitative estimate of drug-likeness (QED) is 0.535. The molecule has 0 unspecified atom stereocenters. The Hall–Kier alpha value is -2.40. The van der Waals surface area contributed by atoms with Crippen LogP contribution in [0.2, 0.25) is 0 Å². The van der Waals surface area contributed by atoms with Gasteiger partial charge in [0.05, 0.1) is 0 Å². The summed E-state index contributed by atoms with van der Waals surface area (Å²) in [7, 11) is 0. The van der Waals surface area contributed by atoms with E-state index in [1.807, 2.05) is 38.1 Å². The van der Waals surface area contributed by atoms with Gasteiger partial charge in [-0.3, -0.25) is 0 Å². The molecule has 2 aromatic carbocycles. The zero-order chi connectivity index (χ0) is 13.7. The summed E-state index contributed by atoms with van der Waals surface area (Å²) in [6.45, 7) is 3.91. The standard InChI is InChI=1S/2C7H10N2.H2O/c2*1-5-2-3-6(8)4-7(5)9;/h2*2-4H,8-9H2,1H3;1H2. The van der Waals surface area contributed by atoms with Crippen LogP contribution in [0.15, 0.2) is 36.4 Å². The Kier molecular flexibility index (Phi) is 6.23. The summed E-state index contributed by atoms with van der Waals surface area (Å²) in [6, 6.07) is 11.0.